The van der Waals surface area contributed by atoms with Crippen LogP contribution in [0.4, 0.5) is 0 Å². The molecule has 0 aromatic heterocycles. The molecule has 2 heteroatoms. The lowest BCUT2D eigenvalue weighted by molar-refractivity contribution is 0.166. The third kappa shape index (κ3) is 4.19. The summed E-state index contributed by atoms with van der Waals surface area (Å²) < 4.78 is 0. The normalized spacial score (nSPS) is 12.3. The van der Waals surface area contributed by atoms with E-state index in [2.05, 4.69) is 17.4 Å². The summed E-state index contributed by atoms with van der Waals surface area (Å²) in [5.74, 6) is 0. The second-order valence-corrected chi connectivity index (χ2v) is 4.82. The minimum absolute atomic E-state index is 0.385. The van der Waals surface area contributed by atoms with Crippen LogP contribution in [0, 0.1) is 6.92 Å². The van der Waals surface area contributed by atoms with Crippen LogP contribution in [0.5, 0.6) is 0 Å². The highest BCUT2D eigenvalue weighted by molar-refractivity contribution is 5.27. The molecule has 0 aliphatic carbocycles. The van der Waals surface area contributed by atoms with Crippen LogP contribution in [-0.2, 0) is 6.54 Å². The highest BCUT2D eigenvalue weighted by atomic mass is 16.3. The highest BCUT2D eigenvalue weighted by Crippen LogP contribution is 2.19. The average molecular weight is 255 g/mol. The van der Waals surface area contributed by atoms with Crippen LogP contribution in [0.3, 0.4) is 0 Å². The SMILES string of the molecule is Cc1ccccc1[C@H](O)CCNCc1ccccc1. The predicted octanol–water partition coefficient (Wildman–Crippen LogP) is 3.21. The molecule has 0 amide bonds. The van der Waals surface area contributed by atoms with Crippen molar-refractivity contribution >= 4 is 0 Å². The average Bonchev–Trinajstić information content (AvgIpc) is 2.45. The Hall–Kier alpha value is -1.64. The van der Waals surface area contributed by atoms with Crippen molar-refractivity contribution in [2.24, 2.45) is 0 Å². The highest BCUT2D eigenvalue weighted by Gasteiger charge is 2.08. The first-order chi connectivity index (χ1) is 9.27. The maximum atomic E-state index is 10.2. The van der Waals surface area contributed by atoms with Gasteiger partial charge in [-0.15, -0.1) is 0 Å². The van der Waals surface area contributed by atoms with E-state index < -0.39 is 0 Å². The minimum atomic E-state index is -0.385. The molecule has 2 N–H and O–H groups in total. The van der Waals surface area contributed by atoms with Gasteiger partial charge < -0.3 is 10.4 Å². The molecule has 19 heavy (non-hydrogen) atoms. The zero-order chi connectivity index (χ0) is 13.5. The first kappa shape index (κ1) is 13.8. The zero-order valence-corrected chi connectivity index (χ0v) is 11.3. The van der Waals surface area contributed by atoms with E-state index in [1.165, 1.54) is 5.56 Å². The summed E-state index contributed by atoms with van der Waals surface area (Å²) in [6.45, 7) is 3.70. The molecular weight excluding hydrogens is 234 g/mol. The van der Waals surface area contributed by atoms with Gasteiger partial charge in [0.1, 0.15) is 0 Å². The van der Waals surface area contributed by atoms with Crippen molar-refractivity contribution in [2.75, 3.05) is 6.54 Å². The van der Waals surface area contributed by atoms with Crippen LogP contribution in [0.1, 0.15) is 29.2 Å². The Morgan fingerprint density at radius 3 is 2.42 bits per heavy atom. The summed E-state index contributed by atoms with van der Waals surface area (Å²) in [5, 5.41) is 13.5. The third-order valence-electron chi connectivity index (χ3n) is 3.31. The van der Waals surface area contributed by atoms with E-state index in [9.17, 15) is 5.11 Å². The smallest absolute Gasteiger partial charge is 0.0804 e. The maximum absolute atomic E-state index is 10.2. The van der Waals surface area contributed by atoms with Gasteiger partial charge in [0.05, 0.1) is 6.10 Å². The molecule has 0 aliphatic rings. The topological polar surface area (TPSA) is 32.3 Å². The standard InChI is InChI=1S/C17H21NO/c1-14-7-5-6-10-16(14)17(19)11-12-18-13-15-8-3-2-4-9-15/h2-10,17-19H,11-13H2,1H3/t17-/m1/s1. The van der Waals surface area contributed by atoms with Crippen LogP contribution in [0.25, 0.3) is 0 Å². The number of hydrogen-bond acceptors (Lipinski definition) is 2. The number of hydrogen-bond donors (Lipinski definition) is 2. The van der Waals surface area contributed by atoms with Crippen molar-refractivity contribution in [3.05, 3.63) is 71.3 Å². The van der Waals surface area contributed by atoms with Crippen molar-refractivity contribution < 1.29 is 5.11 Å². The fourth-order valence-corrected chi connectivity index (χ4v) is 2.18. The second-order valence-electron chi connectivity index (χ2n) is 4.82. The van der Waals surface area contributed by atoms with Gasteiger partial charge >= 0.3 is 0 Å². The fourth-order valence-electron chi connectivity index (χ4n) is 2.18. The van der Waals surface area contributed by atoms with Crippen LogP contribution in [-0.4, -0.2) is 11.7 Å². The van der Waals surface area contributed by atoms with Crippen molar-refractivity contribution in [1.29, 1.82) is 0 Å². The third-order valence-corrected chi connectivity index (χ3v) is 3.31. The van der Waals surface area contributed by atoms with Gasteiger partial charge in [-0.25, -0.2) is 0 Å². The molecule has 0 saturated carbocycles. The van der Waals surface area contributed by atoms with Gasteiger partial charge in [-0.3, -0.25) is 0 Å². The first-order valence-corrected chi connectivity index (χ1v) is 6.75. The predicted molar refractivity (Wildman–Crippen MR) is 78.9 cm³/mol. The van der Waals surface area contributed by atoms with E-state index in [0.717, 1.165) is 30.6 Å². The number of benzene rings is 2. The quantitative estimate of drug-likeness (QED) is 0.777. The van der Waals surface area contributed by atoms with Gasteiger partial charge in [0.15, 0.2) is 0 Å². The molecule has 0 heterocycles. The van der Waals surface area contributed by atoms with Crippen LogP contribution >= 0.6 is 0 Å². The Labute approximate surface area is 115 Å². The van der Waals surface area contributed by atoms with Crippen LogP contribution < -0.4 is 5.32 Å². The molecular formula is C17H21NO. The summed E-state index contributed by atoms with van der Waals surface area (Å²) in [6, 6.07) is 18.3. The molecule has 0 spiro atoms. The molecule has 2 nitrogen and oxygen atoms in total. The van der Waals surface area contributed by atoms with Gasteiger partial charge in [-0.1, -0.05) is 54.6 Å². The van der Waals surface area contributed by atoms with E-state index in [0.29, 0.717) is 0 Å². The molecule has 0 radical (unpaired) electrons. The molecule has 0 aliphatic heterocycles. The first-order valence-electron chi connectivity index (χ1n) is 6.75. The van der Waals surface area contributed by atoms with Crippen LogP contribution in [0.15, 0.2) is 54.6 Å². The molecule has 2 aromatic carbocycles. The monoisotopic (exact) mass is 255 g/mol. The maximum Gasteiger partial charge on any atom is 0.0804 e. The van der Waals surface area contributed by atoms with Gasteiger partial charge in [0, 0.05) is 6.54 Å². The molecule has 2 aromatic rings. The molecule has 0 unspecified atom stereocenters. The Kier molecular flexibility index (Phi) is 5.13. The van der Waals surface area contributed by atoms with E-state index in [-0.39, 0.29) is 6.10 Å². The van der Waals surface area contributed by atoms with Crippen molar-refractivity contribution in [1.82, 2.24) is 5.32 Å². The fraction of sp³-hybridized carbons (Fsp3) is 0.294. The van der Waals surface area contributed by atoms with Gasteiger partial charge in [-0.05, 0) is 36.6 Å². The Bertz CT molecular complexity index is 496. The lowest BCUT2D eigenvalue weighted by atomic mass is 10.0. The summed E-state index contributed by atoms with van der Waals surface area (Å²) in [7, 11) is 0. The summed E-state index contributed by atoms with van der Waals surface area (Å²) in [4.78, 5) is 0. The van der Waals surface area contributed by atoms with E-state index >= 15 is 0 Å². The second kappa shape index (κ2) is 7.07. The van der Waals surface area contributed by atoms with Gasteiger partial charge in [-0.2, -0.15) is 0 Å². The van der Waals surface area contributed by atoms with E-state index in [4.69, 9.17) is 0 Å². The van der Waals surface area contributed by atoms with E-state index in [1.54, 1.807) is 0 Å². The molecule has 0 fully saturated rings. The summed E-state index contributed by atoms with van der Waals surface area (Å²) in [5.41, 5.74) is 3.45. The summed E-state index contributed by atoms with van der Waals surface area (Å²) in [6.07, 6.45) is 0.349. The number of nitrogens with one attached hydrogen (secondary N) is 1. The Balaban J connectivity index is 1.76. The van der Waals surface area contributed by atoms with Crippen molar-refractivity contribution in [3.63, 3.8) is 0 Å². The molecule has 100 valence electrons. The molecule has 0 saturated heterocycles. The lowest BCUT2D eigenvalue weighted by Crippen LogP contribution is -2.17. The molecule has 0 bridgehead atoms. The Morgan fingerprint density at radius 2 is 1.68 bits per heavy atom. The summed E-state index contributed by atoms with van der Waals surface area (Å²) >= 11 is 0. The Morgan fingerprint density at radius 1 is 1.00 bits per heavy atom. The lowest BCUT2D eigenvalue weighted by Gasteiger charge is -2.14. The van der Waals surface area contributed by atoms with Gasteiger partial charge in [0.25, 0.3) is 0 Å². The molecule has 1 atom stereocenters. The van der Waals surface area contributed by atoms with Gasteiger partial charge in [0.2, 0.25) is 0 Å². The molecule has 2 rings (SSSR count). The number of rotatable bonds is 6. The number of aliphatic hydroxyl groups is 1. The van der Waals surface area contributed by atoms with Crippen molar-refractivity contribution in [2.45, 2.75) is 26.0 Å². The minimum Gasteiger partial charge on any atom is -0.388 e. The van der Waals surface area contributed by atoms with Crippen molar-refractivity contribution in [3.8, 4) is 0 Å². The number of aliphatic hydroxyl groups excluding tert-OH is 1. The number of aryl methyl sites for hydroxylation is 1. The zero-order valence-electron chi connectivity index (χ0n) is 11.3. The van der Waals surface area contributed by atoms with E-state index in [1.807, 2.05) is 49.4 Å². The largest absolute Gasteiger partial charge is 0.388 e. The van der Waals surface area contributed by atoms with Crippen LogP contribution in [0.2, 0.25) is 0 Å².